The van der Waals surface area contributed by atoms with Crippen LogP contribution in [0.1, 0.15) is 25.7 Å². The summed E-state index contributed by atoms with van der Waals surface area (Å²) < 4.78 is 0. The summed E-state index contributed by atoms with van der Waals surface area (Å²) in [7, 11) is 3.24. The van der Waals surface area contributed by atoms with Crippen molar-refractivity contribution in [1.29, 1.82) is 0 Å². The van der Waals surface area contributed by atoms with Gasteiger partial charge in [-0.2, -0.15) is 20.5 Å². The first kappa shape index (κ1) is 36.0. The van der Waals surface area contributed by atoms with Crippen molar-refractivity contribution in [3.05, 3.63) is 97.6 Å². The van der Waals surface area contributed by atoms with E-state index in [1.54, 1.807) is 70.6 Å². The van der Waals surface area contributed by atoms with E-state index in [0.717, 1.165) is 60.1 Å². The predicted octanol–water partition coefficient (Wildman–Crippen LogP) is 8.01. The SMILES string of the molecule is O=C(CCSSCCC(=O)NCCCNc1ccc(N=Nc2ccncc2)cc1)NCCCNc1ccc(N=Nc2ccncc2)cc1. The Morgan fingerprint density at radius 3 is 1.23 bits per heavy atom. The van der Waals surface area contributed by atoms with Crippen molar-refractivity contribution in [2.45, 2.75) is 25.7 Å². The highest BCUT2D eigenvalue weighted by molar-refractivity contribution is 8.76. The van der Waals surface area contributed by atoms with Crippen LogP contribution in [0.4, 0.5) is 34.1 Å². The van der Waals surface area contributed by atoms with Gasteiger partial charge in [0.05, 0.1) is 22.7 Å². The second-order valence-corrected chi connectivity index (χ2v) is 13.0. The molecule has 2 aromatic carbocycles. The third-order valence-electron chi connectivity index (χ3n) is 6.54. The number of aromatic nitrogens is 2. The molecule has 12 nitrogen and oxygen atoms in total. The zero-order valence-electron chi connectivity index (χ0n) is 26.6. The molecule has 0 aliphatic rings. The fourth-order valence-electron chi connectivity index (χ4n) is 4.01. The van der Waals surface area contributed by atoms with Crippen LogP contribution in [0.3, 0.4) is 0 Å². The van der Waals surface area contributed by atoms with Gasteiger partial charge in [0.25, 0.3) is 0 Å². The average Bonchev–Trinajstić information content (AvgIpc) is 3.13. The molecular formula is C34H40N10O2S2. The molecule has 0 spiro atoms. The summed E-state index contributed by atoms with van der Waals surface area (Å²) in [5.41, 5.74) is 5.03. The molecule has 0 radical (unpaired) electrons. The third-order valence-corrected chi connectivity index (χ3v) is 8.95. The lowest BCUT2D eigenvalue weighted by Gasteiger charge is -2.08. The summed E-state index contributed by atoms with van der Waals surface area (Å²) in [4.78, 5) is 32.2. The Morgan fingerprint density at radius 1 is 0.500 bits per heavy atom. The van der Waals surface area contributed by atoms with Crippen molar-refractivity contribution < 1.29 is 9.59 Å². The number of nitrogens with one attached hydrogen (secondary N) is 4. The van der Waals surface area contributed by atoms with Crippen LogP contribution in [0.5, 0.6) is 0 Å². The molecule has 4 N–H and O–H groups in total. The first-order valence-corrected chi connectivity index (χ1v) is 18.2. The van der Waals surface area contributed by atoms with Crippen LogP contribution < -0.4 is 21.3 Å². The number of nitrogens with zero attached hydrogens (tertiary/aromatic N) is 6. The van der Waals surface area contributed by atoms with Crippen LogP contribution in [0.25, 0.3) is 0 Å². The van der Waals surface area contributed by atoms with Crippen molar-refractivity contribution in [3.8, 4) is 0 Å². The monoisotopic (exact) mass is 684 g/mol. The molecule has 0 fully saturated rings. The summed E-state index contributed by atoms with van der Waals surface area (Å²) in [5.74, 6) is 1.50. The molecule has 250 valence electrons. The Morgan fingerprint density at radius 2 is 0.854 bits per heavy atom. The number of rotatable bonds is 21. The Bertz CT molecular complexity index is 1440. The number of hydrogen-bond donors (Lipinski definition) is 4. The lowest BCUT2D eigenvalue weighted by molar-refractivity contribution is -0.121. The van der Waals surface area contributed by atoms with Crippen molar-refractivity contribution in [3.63, 3.8) is 0 Å². The molecule has 2 amide bonds. The first-order valence-electron chi connectivity index (χ1n) is 15.7. The number of carbonyl (C=O) groups excluding carboxylic acids is 2. The molecule has 2 aromatic heterocycles. The minimum Gasteiger partial charge on any atom is -0.385 e. The van der Waals surface area contributed by atoms with Gasteiger partial charge in [-0.05, 0) is 85.6 Å². The molecule has 14 heteroatoms. The Labute approximate surface area is 288 Å². The molecule has 0 bridgehead atoms. The molecule has 0 aliphatic carbocycles. The lowest BCUT2D eigenvalue weighted by atomic mass is 10.3. The zero-order chi connectivity index (χ0) is 33.5. The maximum Gasteiger partial charge on any atom is 0.220 e. The minimum atomic E-state index is 0.0424. The number of hydrogen-bond acceptors (Lipinski definition) is 12. The number of benzene rings is 2. The summed E-state index contributed by atoms with van der Waals surface area (Å²) in [6.07, 6.45) is 9.27. The highest BCUT2D eigenvalue weighted by Crippen LogP contribution is 2.23. The molecule has 2 heterocycles. The van der Waals surface area contributed by atoms with E-state index in [1.165, 1.54) is 0 Å². The quantitative estimate of drug-likeness (QED) is 0.0391. The van der Waals surface area contributed by atoms with E-state index in [2.05, 4.69) is 51.7 Å². The molecule has 0 aliphatic heterocycles. The van der Waals surface area contributed by atoms with Crippen molar-refractivity contribution in [1.82, 2.24) is 20.6 Å². The third kappa shape index (κ3) is 15.2. The van der Waals surface area contributed by atoms with E-state index >= 15 is 0 Å². The van der Waals surface area contributed by atoms with Crippen LogP contribution in [0.15, 0.2) is 118 Å². The maximum absolute atomic E-state index is 12.1. The van der Waals surface area contributed by atoms with Gasteiger partial charge in [-0.3, -0.25) is 19.6 Å². The minimum absolute atomic E-state index is 0.0424. The van der Waals surface area contributed by atoms with Crippen LogP contribution in [0.2, 0.25) is 0 Å². The number of carbonyl (C=O) groups is 2. The van der Waals surface area contributed by atoms with Gasteiger partial charge in [-0.15, -0.1) is 0 Å². The standard InChI is InChI=1S/C34H40N10O2S2/c45-33(39-19-1-17-37-27-3-7-29(8-4-27)41-43-31-11-21-35-22-12-31)15-25-47-48-26-16-34(46)40-20-2-18-38-28-5-9-30(10-6-28)42-44-32-13-23-36-24-14-32/h3-14,21-24,37-38H,1-2,15-20,25-26H2,(H,39,45)(H,40,46). The van der Waals surface area contributed by atoms with E-state index < -0.39 is 0 Å². The molecule has 48 heavy (non-hydrogen) atoms. The largest absolute Gasteiger partial charge is 0.385 e. The Balaban J connectivity index is 0.927. The van der Waals surface area contributed by atoms with Gasteiger partial charge in [-0.1, -0.05) is 21.6 Å². The van der Waals surface area contributed by atoms with Gasteiger partial charge in [0, 0.05) is 86.7 Å². The van der Waals surface area contributed by atoms with Gasteiger partial charge < -0.3 is 21.3 Å². The van der Waals surface area contributed by atoms with Crippen molar-refractivity contribution >= 4 is 67.5 Å². The number of anilines is 2. The van der Waals surface area contributed by atoms with Gasteiger partial charge in [0.2, 0.25) is 11.8 Å². The highest BCUT2D eigenvalue weighted by Gasteiger charge is 2.04. The van der Waals surface area contributed by atoms with Gasteiger partial charge >= 0.3 is 0 Å². The van der Waals surface area contributed by atoms with Crippen LogP contribution in [-0.4, -0.2) is 59.5 Å². The molecule has 4 rings (SSSR count). The summed E-state index contributed by atoms with van der Waals surface area (Å²) in [6.45, 7) is 2.73. The molecule has 0 atom stereocenters. The topological polar surface area (TPSA) is 157 Å². The molecule has 4 aromatic rings. The van der Waals surface area contributed by atoms with E-state index in [-0.39, 0.29) is 11.8 Å². The van der Waals surface area contributed by atoms with Crippen molar-refractivity contribution in [2.24, 2.45) is 20.5 Å². The summed E-state index contributed by atoms with van der Waals surface area (Å²) in [5, 5.41) is 29.4. The highest BCUT2D eigenvalue weighted by atomic mass is 33.1. The average molecular weight is 685 g/mol. The maximum atomic E-state index is 12.1. The van der Waals surface area contributed by atoms with E-state index in [0.29, 0.717) is 37.4 Å². The molecule has 0 saturated carbocycles. The number of azo groups is 2. The van der Waals surface area contributed by atoms with Crippen LogP contribution in [0, 0.1) is 0 Å². The smallest absolute Gasteiger partial charge is 0.220 e. The second-order valence-electron chi connectivity index (χ2n) is 10.3. The van der Waals surface area contributed by atoms with E-state index in [4.69, 9.17) is 0 Å². The Kier molecular flexibility index (Phi) is 16.4. The first-order chi connectivity index (χ1) is 23.6. The van der Waals surface area contributed by atoms with Gasteiger partial charge in [-0.25, -0.2) is 0 Å². The Hall–Kier alpha value is -4.82. The molecular weight excluding hydrogens is 645 g/mol. The zero-order valence-corrected chi connectivity index (χ0v) is 28.3. The second kappa shape index (κ2) is 21.9. The fourth-order valence-corrected chi connectivity index (χ4v) is 5.99. The molecule has 0 saturated heterocycles. The lowest BCUT2D eigenvalue weighted by Crippen LogP contribution is -2.26. The predicted molar refractivity (Wildman–Crippen MR) is 196 cm³/mol. The van der Waals surface area contributed by atoms with Crippen LogP contribution in [-0.2, 0) is 9.59 Å². The summed E-state index contributed by atoms with van der Waals surface area (Å²) >= 11 is 0. The van der Waals surface area contributed by atoms with E-state index in [1.807, 2.05) is 48.5 Å². The van der Waals surface area contributed by atoms with Gasteiger partial charge in [0.15, 0.2) is 0 Å². The fraction of sp³-hybridized carbons (Fsp3) is 0.294. The van der Waals surface area contributed by atoms with Crippen molar-refractivity contribution in [2.75, 3.05) is 48.3 Å². The molecule has 0 unspecified atom stereocenters. The number of pyridine rings is 2. The summed E-state index contributed by atoms with van der Waals surface area (Å²) in [6, 6.07) is 22.6. The van der Waals surface area contributed by atoms with E-state index in [9.17, 15) is 9.59 Å². The van der Waals surface area contributed by atoms with Crippen LogP contribution >= 0.6 is 21.6 Å². The van der Waals surface area contributed by atoms with Gasteiger partial charge in [0.1, 0.15) is 0 Å². The number of amides is 2. The normalized spacial score (nSPS) is 11.1.